The maximum absolute atomic E-state index is 14.2. The fraction of sp³-hybridized carbons (Fsp3) is 0.137. The largest absolute Gasteiger partial charge is 0.374 e. The van der Waals surface area contributed by atoms with Gasteiger partial charge >= 0.3 is 0 Å². The summed E-state index contributed by atoms with van der Waals surface area (Å²) in [6.07, 6.45) is 9.23. The molecule has 12 aromatic rings. The minimum atomic E-state index is -4.98. The van der Waals surface area contributed by atoms with Crippen molar-refractivity contribution >= 4 is 199 Å². The van der Waals surface area contributed by atoms with E-state index in [2.05, 4.69) is 47.9 Å². The van der Waals surface area contributed by atoms with Gasteiger partial charge < -0.3 is 89.6 Å². The standard InChI is InChI=1S/C73H67N15O27S6/c1-83-28-37(19-58(83)68(92)77-40-22-61(86(4)31-40)71(95)80-52-13-16-64(119(107,108)109)49-25-43(116(98,99)100)7-10-46(49)52)74-55(34-89)67(56(35-90)75-38-20-59(84(2)29-38)69(93)78-41-23-62(87(5)32-41)72(96)81-53-14-17-65(120(110,111)112)50-26-44(117(101,102)103)8-11-47(50)53)57(36-91)76-39-21-60(85(3)30-39)70(94)79-42-24-63(88(6)33-42)73(97)82-54-15-18-66(121(113,114)115)51-27-45(118(104,105)106)9-12-48(51)54/h7-36,55-57,67,74-76H,1-6H3,(H,77,92)(H,78,93)(H,79,94)(H,80,95)(H,81,96)(H,82,97)(H,98,99,100)(H,101,102,103)(H,104,105,106)(H,107,108,109)(H,110,111,112)(H,113,114,115). The van der Waals surface area contributed by atoms with Gasteiger partial charge in [-0.3, -0.25) is 56.1 Å². The average molecular weight is 1780 g/mol. The van der Waals surface area contributed by atoms with E-state index >= 15 is 0 Å². The Morgan fingerprint density at radius 3 is 0.686 bits per heavy atom. The molecule has 42 nitrogen and oxygen atoms in total. The van der Waals surface area contributed by atoms with Crippen LogP contribution in [0.25, 0.3) is 32.3 Å². The summed E-state index contributed by atoms with van der Waals surface area (Å²) in [4.78, 5) is 121. The molecule has 3 atom stereocenters. The number of nitrogens with one attached hydrogen (secondary N) is 9. The molecular weight excluding hydrogens is 1710 g/mol. The lowest BCUT2D eigenvalue weighted by atomic mass is 9.85. The van der Waals surface area contributed by atoms with E-state index < -0.39 is 150 Å². The highest BCUT2D eigenvalue weighted by molar-refractivity contribution is 7.87. The summed E-state index contributed by atoms with van der Waals surface area (Å²) in [7, 11) is -20.9. The molecule has 48 heteroatoms. The fourth-order valence-corrected chi connectivity index (χ4v) is 17.2. The number of rotatable bonds is 30. The number of nitrogens with zero attached hydrogens (tertiary/aromatic N) is 6. The lowest BCUT2D eigenvalue weighted by molar-refractivity contribution is -0.113. The number of amides is 6. The van der Waals surface area contributed by atoms with Gasteiger partial charge in [0.15, 0.2) is 0 Å². The normalized spacial score (nSPS) is 13.2. The van der Waals surface area contributed by atoms with E-state index in [0.29, 0.717) is 18.9 Å². The van der Waals surface area contributed by atoms with Gasteiger partial charge in [-0.15, -0.1) is 0 Å². The molecule has 0 aliphatic heterocycles. The van der Waals surface area contributed by atoms with Crippen LogP contribution in [0.5, 0.6) is 0 Å². The fourth-order valence-electron chi connectivity index (χ4n) is 13.6. The molecule has 0 radical (unpaired) electrons. The van der Waals surface area contributed by atoms with Crippen LogP contribution in [0.4, 0.5) is 51.2 Å². The van der Waals surface area contributed by atoms with E-state index in [0.717, 1.165) is 91.0 Å². The van der Waals surface area contributed by atoms with Crippen LogP contribution in [0.2, 0.25) is 0 Å². The molecule has 3 unspecified atom stereocenters. The Labute approximate surface area is 685 Å². The quantitative estimate of drug-likeness (QED) is 0.0178. The molecule has 0 saturated heterocycles. The van der Waals surface area contributed by atoms with Crippen molar-refractivity contribution in [2.24, 2.45) is 48.2 Å². The van der Waals surface area contributed by atoms with Crippen LogP contribution < -0.4 is 47.9 Å². The van der Waals surface area contributed by atoms with Crippen molar-refractivity contribution in [3.8, 4) is 0 Å². The number of fused-ring (bicyclic) bond motifs is 3. The Hall–Kier alpha value is -13.5. The summed E-state index contributed by atoms with van der Waals surface area (Å²) in [5.41, 5.74) is -0.587. The maximum atomic E-state index is 14.2. The van der Waals surface area contributed by atoms with Gasteiger partial charge in [0.05, 0.1) is 66.9 Å². The van der Waals surface area contributed by atoms with E-state index in [4.69, 9.17) is 0 Å². The molecule has 0 aliphatic rings. The van der Waals surface area contributed by atoms with Crippen molar-refractivity contribution in [1.29, 1.82) is 0 Å². The molecule has 0 saturated carbocycles. The highest BCUT2D eigenvalue weighted by Gasteiger charge is 2.39. The van der Waals surface area contributed by atoms with Crippen LogP contribution in [0.1, 0.15) is 62.9 Å². The van der Waals surface area contributed by atoms with E-state index in [-0.39, 0.29) is 118 Å². The Morgan fingerprint density at radius 1 is 0.273 bits per heavy atom. The Morgan fingerprint density at radius 2 is 0.479 bits per heavy atom. The predicted molar refractivity (Wildman–Crippen MR) is 435 cm³/mol. The third-order valence-corrected chi connectivity index (χ3v) is 24.5. The number of hydrogen-bond acceptors (Lipinski definition) is 24. The zero-order chi connectivity index (χ0) is 88.4. The van der Waals surface area contributed by atoms with E-state index in [1.165, 1.54) is 143 Å². The minimum absolute atomic E-state index is 0.0351. The number of carbonyl (C=O) groups is 9. The van der Waals surface area contributed by atoms with E-state index in [1.807, 2.05) is 0 Å². The number of aldehydes is 3. The maximum Gasteiger partial charge on any atom is 0.295 e. The third-order valence-electron chi connectivity index (χ3n) is 19.2. The zero-order valence-electron chi connectivity index (χ0n) is 63.0. The molecule has 6 aromatic heterocycles. The number of anilines is 9. The van der Waals surface area contributed by atoms with Gasteiger partial charge in [-0.25, -0.2) is 0 Å². The Kier molecular flexibility index (Phi) is 23.4. The SMILES string of the molecule is Cn1cc(NC(C=O)C(C(C=O)Nc2cc(C(=O)Nc3cc(C(=O)Nc4ccc(S(=O)(=O)O)c5cc(S(=O)(=O)O)ccc45)n(C)c3)n(C)c2)C(C=O)Nc2cc(C(=O)Nc3cc(C(=O)Nc4ccc(S(=O)(=O)O)c5cc(S(=O)(=O)O)ccc45)n(C)c3)n(C)c2)cc1C(=O)Nc1cc(C(=O)Nc2ccc(S(=O)(=O)O)c3cc(S(=O)(=O)O)ccc23)n(C)c1. The van der Waals surface area contributed by atoms with Gasteiger partial charge in [0.2, 0.25) is 0 Å². The van der Waals surface area contributed by atoms with Gasteiger partial charge in [0.1, 0.15) is 67.7 Å². The first-order chi connectivity index (χ1) is 56.5. The molecule has 15 N–H and O–H groups in total. The van der Waals surface area contributed by atoms with Crippen LogP contribution in [-0.4, -0.2) is 178 Å². The summed E-state index contributed by atoms with van der Waals surface area (Å²) >= 11 is 0. The van der Waals surface area contributed by atoms with Gasteiger partial charge in [-0.05, 0) is 109 Å². The first kappa shape index (κ1) is 86.8. The first-order valence-corrected chi connectivity index (χ1v) is 43.2. The van der Waals surface area contributed by atoms with Crippen molar-refractivity contribution in [3.63, 3.8) is 0 Å². The van der Waals surface area contributed by atoms with Crippen LogP contribution in [-0.2, 0) is 117 Å². The molecule has 121 heavy (non-hydrogen) atoms. The van der Waals surface area contributed by atoms with Crippen molar-refractivity contribution in [2.75, 3.05) is 47.9 Å². The van der Waals surface area contributed by atoms with E-state index in [9.17, 15) is 121 Å². The molecule has 0 bridgehead atoms. The van der Waals surface area contributed by atoms with Crippen molar-refractivity contribution in [1.82, 2.24) is 27.4 Å². The molecule has 12 rings (SSSR count). The number of benzene rings is 6. The van der Waals surface area contributed by atoms with Crippen LogP contribution in [0.3, 0.4) is 0 Å². The zero-order valence-corrected chi connectivity index (χ0v) is 67.9. The third kappa shape index (κ3) is 18.5. The molecule has 632 valence electrons. The van der Waals surface area contributed by atoms with Gasteiger partial charge in [0, 0.05) is 135 Å². The van der Waals surface area contributed by atoms with Crippen LogP contribution >= 0.6 is 0 Å². The lowest BCUT2D eigenvalue weighted by Crippen LogP contribution is -2.52. The molecule has 6 heterocycles. The summed E-state index contributed by atoms with van der Waals surface area (Å²) < 4.78 is 212. The smallest absolute Gasteiger partial charge is 0.295 e. The number of aryl methyl sites for hydroxylation is 6. The summed E-state index contributed by atoms with van der Waals surface area (Å²) in [5, 5.41) is 23.3. The van der Waals surface area contributed by atoms with Gasteiger partial charge in [-0.2, -0.15) is 50.5 Å². The second kappa shape index (κ2) is 32.6. The van der Waals surface area contributed by atoms with Crippen LogP contribution in [0, 0.1) is 5.92 Å². The summed E-state index contributed by atoms with van der Waals surface area (Å²) in [6.45, 7) is 0. The number of hydrogen-bond donors (Lipinski definition) is 15. The summed E-state index contributed by atoms with van der Waals surface area (Å²) in [6, 6.07) is 17.2. The monoisotopic (exact) mass is 1780 g/mol. The minimum Gasteiger partial charge on any atom is -0.374 e. The van der Waals surface area contributed by atoms with Crippen molar-refractivity contribution < 1.29 is 121 Å². The topological polar surface area (TPSA) is 618 Å². The second-order valence-corrected chi connectivity index (χ2v) is 35.8. The average Bonchev–Trinajstić information content (AvgIpc) is 1.61. The summed E-state index contributed by atoms with van der Waals surface area (Å²) in [5.74, 6) is -6.49. The van der Waals surface area contributed by atoms with Crippen molar-refractivity contribution in [3.05, 3.63) is 199 Å². The first-order valence-electron chi connectivity index (χ1n) is 34.6. The molecule has 6 amide bonds. The van der Waals surface area contributed by atoms with Gasteiger partial charge in [0.25, 0.3) is 96.2 Å². The molecular formula is C73H67N15O27S6. The number of carbonyl (C=O) groups excluding carboxylic acids is 9. The highest BCUT2D eigenvalue weighted by atomic mass is 32.2. The van der Waals surface area contributed by atoms with Gasteiger partial charge in [-0.1, -0.05) is 18.2 Å². The molecule has 0 fully saturated rings. The lowest BCUT2D eigenvalue weighted by Gasteiger charge is -2.34. The van der Waals surface area contributed by atoms with E-state index in [1.54, 1.807) is 0 Å². The van der Waals surface area contributed by atoms with Crippen molar-refractivity contribution in [2.45, 2.75) is 47.5 Å². The Balaban J connectivity index is 0.794. The van der Waals surface area contributed by atoms with Crippen LogP contribution in [0.15, 0.2) is 194 Å². The highest BCUT2D eigenvalue weighted by Crippen LogP contribution is 2.37. The second-order valence-electron chi connectivity index (χ2n) is 27.4. The molecule has 0 aliphatic carbocycles. The molecule has 0 spiro atoms. The molecule has 6 aromatic carbocycles. The predicted octanol–water partition coefficient (Wildman–Crippen LogP) is 6.13. The number of aromatic nitrogens is 6. The Bertz CT molecular complexity index is 6500.